The highest BCUT2D eigenvalue weighted by Crippen LogP contribution is 2.05. The van der Waals surface area contributed by atoms with Crippen LogP contribution in [0.25, 0.3) is 0 Å². The molecule has 0 fully saturated rings. The van der Waals surface area contributed by atoms with Crippen LogP contribution in [0, 0.1) is 11.8 Å². The summed E-state index contributed by atoms with van der Waals surface area (Å²) < 4.78 is 0. The number of hydrogen-bond donors (Lipinski definition) is 3. The summed E-state index contributed by atoms with van der Waals surface area (Å²) >= 11 is 0. The number of carbonyl (C=O) groups excluding carboxylic acids is 1. The van der Waals surface area contributed by atoms with Crippen molar-refractivity contribution in [3.63, 3.8) is 0 Å². The molecule has 0 aromatic heterocycles. The average Bonchev–Trinajstić information content (AvgIpc) is 2.11. The second-order valence-corrected chi connectivity index (χ2v) is 4.80. The molecular weight excluding hydrogens is 208 g/mol. The van der Waals surface area contributed by atoms with Gasteiger partial charge in [-0.3, -0.25) is 4.79 Å². The molecule has 0 aromatic carbocycles. The third-order valence-electron chi connectivity index (χ3n) is 2.29. The lowest BCUT2D eigenvalue weighted by Gasteiger charge is -2.21. The topological polar surface area (TPSA) is 92.4 Å². The van der Waals surface area contributed by atoms with Gasteiger partial charge in [-0.15, -0.1) is 0 Å². The van der Waals surface area contributed by atoms with Gasteiger partial charge in [0.2, 0.25) is 5.91 Å². The van der Waals surface area contributed by atoms with E-state index < -0.39 is 24.0 Å². The molecule has 5 nitrogen and oxygen atoms in total. The van der Waals surface area contributed by atoms with E-state index >= 15 is 0 Å². The lowest BCUT2D eigenvalue weighted by atomic mass is 10.0. The standard InChI is InChI=1S/C11H22N2O3/c1-6(2)5-8(12)10(14)13-9(7(3)4)11(15)16/h6-9H,5,12H2,1-4H3,(H,13,14)(H,15,16)/t8?,9-/m1/s1. The molecule has 0 radical (unpaired) electrons. The number of nitrogens with two attached hydrogens (primary N) is 1. The van der Waals surface area contributed by atoms with E-state index in [1.165, 1.54) is 0 Å². The number of amides is 1. The second-order valence-electron chi connectivity index (χ2n) is 4.80. The molecule has 2 atom stereocenters. The summed E-state index contributed by atoms with van der Waals surface area (Å²) in [4.78, 5) is 22.5. The number of aliphatic carboxylic acids is 1. The van der Waals surface area contributed by atoms with Gasteiger partial charge >= 0.3 is 5.97 Å². The summed E-state index contributed by atoms with van der Waals surface area (Å²) in [5, 5.41) is 11.4. The molecule has 16 heavy (non-hydrogen) atoms. The van der Waals surface area contributed by atoms with Crippen LogP contribution in [-0.2, 0) is 9.59 Å². The maximum atomic E-state index is 11.6. The lowest BCUT2D eigenvalue weighted by molar-refractivity contribution is -0.143. The molecule has 4 N–H and O–H groups in total. The molecule has 1 amide bonds. The Hall–Kier alpha value is -1.10. The zero-order chi connectivity index (χ0) is 12.9. The van der Waals surface area contributed by atoms with Gasteiger partial charge in [0, 0.05) is 0 Å². The van der Waals surface area contributed by atoms with E-state index in [2.05, 4.69) is 5.32 Å². The van der Waals surface area contributed by atoms with Crippen LogP contribution in [0.2, 0.25) is 0 Å². The Bertz CT molecular complexity index is 252. The minimum Gasteiger partial charge on any atom is -0.480 e. The Morgan fingerprint density at radius 1 is 1.25 bits per heavy atom. The SMILES string of the molecule is CC(C)CC(N)C(=O)N[C@@H](C(=O)O)C(C)C. The molecule has 0 aliphatic heterocycles. The first-order valence-corrected chi connectivity index (χ1v) is 5.54. The van der Waals surface area contributed by atoms with E-state index in [1.54, 1.807) is 13.8 Å². The second kappa shape index (κ2) is 6.48. The fourth-order valence-corrected chi connectivity index (χ4v) is 1.39. The highest BCUT2D eigenvalue weighted by molar-refractivity contribution is 5.86. The fraction of sp³-hybridized carbons (Fsp3) is 0.818. The van der Waals surface area contributed by atoms with Gasteiger partial charge in [-0.05, 0) is 18.3 Å². The number of carboxylic acid groups (broad SMARTS) is 1. The van der Waals surface area contributed by atoms with Crippen molar-refractivity contribution in [3.8, 4) is 0 Å². The molecule has 0 rings (SSSR count). The number of carbonyl (C=O) groups is 2. The maximum Gasteiger partial charge on any atom is 0.326 e. The summed E-state index contributed by atoms with van der Waals surface area (Å²) in [6.07, 6.45) is 0.552. The van der Waals surface area contributed by atoms with Crippen molar-refractivity contribution in [1.82, 2.24) is 5.32 Å². The van der Waals surface area contributed by atoms with E-state index in [-0.39, 0.29) is 5.92 Å². The fourth-order valence-electron chi connectivity index (χ4n) is 1.39. The highest BCUT2D eigenvalue weighted by atomic mass is 16.4. The summed E-state index contributed by atoms with van der Waals surface area (Å²) in [5.74, 6) is -1.27. The van der Waals surface area contributed by atoms with Gasteiger partial charge in [0.05, 0.1) is 6.04 Å². The number of rotatable bonds is 6. The molecule has 0 heterocycles. The first-order valence-electron chi connectivity index (χ1n) is 5.54. The predicted molar refractivity (Wildman–Crippen MR) is 61.8 cm³/mol. The van der Waals surface area contributed by atoms with Gasteiger partial charge in [0.25, 0.3) is 0 Å². The third kappa shape index (κ3) is 5.11. The molecule has 0 aromatic rings. The Morgan fingerprint density at radius 3 is 2.06 bits per heavy atom. The van der Waals surface area contributed by atoms with Crippen LogP contribution in [0.15, 0.2) is 0 Å². The Morgan fingerprint density at radius 2 is 1.75 bits per heavy atom. The molecule has 5 heteroatoms. The van der Waals surface area contributed by atoms with Crippen LogP contribution in [0.5, 0.6) is 0 Å². The van der Waals surface area contributed by atoms with Crippen molar-refractivity contribution < 1.29 is 14.7 Å². The summed E-state index contributed by atoms with van der Waals surface area (Å²) in [5.41, 5.74) is 5.66. The van der Waals surface area contributed by atoms with Crippen molar-refractivity contribution >= 4 is 11.9 Å². The number of carboxylic acids is 1. The van der Waals surface area contributed by atoms with Crippen molar-refractivity contribution in [2.45, 2.75) is 46.2 Å². The predicted octanol–water partition coefficient (Wildman–Crippen LogP) is 0.585. The largest absolute Gasteiger partial charge is 0.480 e. The molecule has 94 valence electrons. The quantitative estimate of drug-likeness (QED) is 0.622. The molecule has 0 spiro atoms. The van der Waals surface area contributed by atoms with E-state index in [4.69, 9.17) is 10.8 Å². The Labute approximate surface area is 96.4 Å². The zero-order valence-corrected chi connectivity index (χ0v) is 10.4. The average molecular weight is 230 g/mol. The number of hydrogen-bond acceptors (Lipinski definition) is 3. The third-order valence-corrected chi connectivity index (χ3v) is 2.29. The maximum absolute atomic E-state index is 11.6. The Kier molecular flexibility index (Phi) is 6.03. The van der Waals surface area contributed by atoms with E-state index in [0.29, 0.717) is 12.3 Å². The van der Waals surface area contributed by atoms with Crippen molar-refractivity contribution in [2.75, 3.05) is 0 Å². The highest BCUT2D eigenvalue weighted by Gasteiger charge is 2.25. The summed E-state index contributed by atoms with van der Waals surface area (Å²) in [6.45, 7) is 7.41. The van der Waals surface area contributed by atoms with Crippen LogP contribution in [0.4, 0.5) is 0 Å². The zero-order valence-electron chi connectivity index (χ0n) is 10.4. The van der Waals surface area contributed by atoms with Gasteiger partial charge in [0.1, 0.15) is 6.04 Å². The molecular formula is C11H22N2O3. The van der Waals surface area contributed by atoms with Gasteiger partial charge in [-0.2, -0.15) is 0 Å². The Balaban J connectivity index is 4.35. The van der Waals surface area contributed by atoms with Crippen molar-refractivity contribution in [2.24, 2.45) is 17.6 Å². The summed E-state index contributed by atoms with van der Waals surface area (Å²) in [6, 6.07) is -1.51. The van der Waals surface area contributed by atoms with Gasteiger partial charge < -0.3 is 16.2 Å². The van der Waals surface area contributed by atoms with Crippen LogP contribution in [-0.4, -0.2) is 29.1 Å². The van der Waals surface area contributed by atoms with Crippen LogP contribution >= 0.6 is 0 Å². The molecule has 0 saturated carbocycles. The van der Waals surface area contributed by atoms with Crippen molar-refractivity contribution in [3.05, 3.63) is 0 Å². The van der Waals surface area contributed by atoms with Gasteiger partial charge in [-0.1, -0.05) is 27.7 Å². The lowest BCUT2D eigenvalue weighted by Crippen LogP contribution is -2.50. The van der Waals surface area contributed by atoms with Crippen LogP contribution in [0.3, 0.4) is 0 Å². The monoisotopic (exact) mass is 230 g/mol. The minimum atomic E-state index is -1.03. The summed E-state index contributed by atoms with van der Waals surface area (Å²) in [7, 11) is 0. The normalized spacial score (nSPS) is 14.9. The molecule has 0 aliphatic carbocycles. The van der Waals surface area contributed by atoms with E-state index in [1.807, 2.05) is 13.8 Å². The number of nitrogens with one attached hydrogen (secondary N) is 1. The first kappa shape index (κ1) is 14.9. The van der Waals surface area contributed by atoms with Crippen molar-refractivity contribution in [1.29, 1.82) is 0 Å². The first-order chi connectivity index (χ1) is 7.25. The van der Waals surface area contributed by atoms with Gasteiger partial charge in [-0.25, -0.2) is 4.79 Å². The smallest absolute Gasteiger partial charge is 0.326 e. The molecule has 1 unspecified atom stereocenters. The molecule has 0 aliphatic rings. The van der Waals surface area contributed by atoms with Gasteiger partial charge in [0.15, 0.2) is 0 Å². The molecule has 0 bridgehead atoms. The van der Waals surface area contributed by atoms with Crippen LogP contribution < -0.4 is 11.1 Å². The minimum absolute atomic E-state index is 0.160. The molecule has 0 saturated heterocycles. The van der Waals surface area contributed by atoms with E-state index in [0.717, 1.165) is 0 Å². The van der Waals surface area contributed by atoms with E-state index in [9.17, 15) is 9.59 Å². The van der Waals surface area contributed by atoms with Crippen LogP contribution in [0.1, 0.15) is 34.1 Å².